The summed E-state index contributed by atoms with van der Waals surface area (Å²) in [6.07, 6.45) is 0. The van der Waals surface area contributed by atoms with E-state index in [0.29, 0.717) is 6.54 Å². The Balaban J connectivity index is 2.72. The highest BCUT2D eigenvalue weighted by Crippen LogP contribution is 2.24. The third-order valence-corrected chi connectivity index (χ3v) is 2.08. The summed E-state index contributed by atoms with van der Waals surface area (Å²) in [6.45, 7) is 0.666. The molecule has 0 fully saturated rings. The van der Waals surface area contributed by atoms with Gasteiger partial charge in [-0.1, -0.05) is 0 Å². The normalized spacial score (nSPS) is 9.83. The monoisotopic (exact) mass is 230 g/mol. The predicted octanol–water partition coefficient (Wildman–Crippen LogP) is 1.44. The van der Waals surface area contributed by atoms with Crippen molar-refractivity contribution < 1.29 is 5.11 Å². The summed E-state index contributed by atoms with van der Waals surface area (Å²) in [5.41, 5.74) is 7.21. The van der Waals surface area contributed by atoms with E-state index in [1.54, 1.807) is 0 Å². The van der Waals surface area contributed by atoms with Crippen molar-refractivity contribution in [3.05, 3.63) is 22.7 Å². The molecule has 0 aromatic heterocycles. The number of hydrogen-bond donors (Lipinski definition) is 3. The first-order valence-corrected chi connectivity index (χ1v) is 4.43. The van der Waals surface area contributed by atoms with Gasteiger partial charge in [0.25, 0.3) is 0 Å². The lowest BCUT2D eigenvalue weighted by Crippen LogP contribution is -2.05. The van der Waals surface area contributed by atoms with Gasteiger partial charge < -0.3 is 16.2 Å². The molecular weight excluding hydrogens is 220 g/mol. The van der Waals surface area contributed by atoms with Crippen LogP contribution in [0.5, 0.6) is 0 Å². The van der Waals surface area contributed by atoms with Crippen LogP contribution in [0, 0.1) is 0 Å². The summed E-state index contributed by atoms with van der Waals surface area (Å²) in [5, 5.41) is 11.6. The summed E-state index contributed by atoms with van der Waals surface area (Å²) in [6, 6.07) is 5.50. The van der Waals surface area contributed by atoms with E-state index in [1.165, 1.54) is 0 Å². The van der Waals surface area contributed by atoms with Crippen LogP contribution in [-0.2, 0) is 0 Å². The van der Waals surface area contributed by atoms with Crippen LogP contribution in [-0.4, -0.2) is 18.3 Å². The Bertz CT molecular complexity index is 265. The van der Waals surface area contributed by atoms with E-state index < -0.39 is 0 Å². The average molecular weight is 231 g/mol. The molecule has 3 nitrogen and oxygen atoms in total. The molecule has 4 N–H and O–H groups in total. The van der Waals surface area contributed by atoms with Crippen molar-refractivity contribution in [1.82, 2.24) is 0 Å². The lowest BCUT2D eigenvalue weighted by Gasteiger charge is -2.06. The zero-order chi connectivity index (χ0) is 8.97. The molecule has 1 rings (SSSR count). The van der Waals surface area contributed by atoms with Gasteiger partial charge in [-0.25, -0.2) is 0 Å². The molecular formula is C8H11BrN2O. The molecule has 0 aliphatic rings. The quantitative estimate of drug-likeness (QED) is 0.690. The molecule has 1 aromatic carbocycles. The van der Waals surface area contributed by atoms with Crippen LogP contribution in [0.1, 0.15) is 0 Å². The number of halogens is 1. The second-order valence-corrected chi connectivity index (χ2v) is 3.24. The summed E-state index contributed by atoms with van der Waals surface area (Å²) < 4.78 is 0.913. The van der Waals surface area contributed by atoms with Crippen LogP contribution in [0.25, 0.3) is 0 Å². The highest BCUT2D eigenvalue weighted by atomic mass is 79.9. The number of anilines is 2. The molecule has 0 heterocycles. The third-order valence-electron chi connectivity index (χ3n) is 1.42. The minimum atomic E-state index is 0.122. The van der Waals surface area contributed by atoms with E-state index in [0.717, 1.165) is 15.8 Å². The number of nitrogens with one attached hydrogen (secondary N) is 1. The highest BCUT2D eigenvalue weighted by molar-refractivity contribution is 9.10. The number of rotatable bonds is 3. The Morgan fingerprint density at radius 2 is 2.25 bits per heavy atom. The van der Waals surface area contributed by atoms with Gasteiger partial charge in [0.1, 0.15) is 0 Å². The molecule has 0 unspecified atom stereocenters. The second-order valence-electron chi connectivity index (χ2n) is 2.39. The number of aliphatic hydroxyl groups is 1. The number of hydrogen-bond acceptors (Lipinski definition) is 3. The highest BCUT2D eigenvalue weighted by Gasteiger charge is 1.97. The molecule has 66 valence electrons. The Labute approximate surface area is 79.7 Å². The Kier molecular flexibility index (Phi) is 3.37. The minimum Gasteiger partial charge on any atom is -0.399 e. The summed E-state index contributed by atoms with van der Waals surface area (Å²) in [7, 11) is 0. The standard InChI is InChI=1S/C8H11BrN2O/c9-7-5-6(10)1-2-8(7)11-3-4-12/h1-2,5,11-12H,3-4,10H2. The molecule has 0 aliphatic carbocycles. The van der Waals surface area contributed by atoms with Crippen molar-refractivity contribution in [2.75, 3.05) is 24.2 Å². The molecule has 0 bridgehead atoms. The molecule has 0 aliphatic heterocycles. The predicted molar refractivity (Wildman–Crippen MR) is 54.1 cm³/mol. The molecule has 0 saturated carbocycles. The van der Waals surface area contributed by atoms with E-state index in [-0.39, 0.29) is 6.61 Å². The average Bonchev–Trinajstić information content (AvgIpc) is 2.03. The maximum absolute atomic E-state index is 8.57. The van der Waals surface area contributed by atoms with Crippen molar-refractivity contribution in [3.8, 4) is 0 Å². The Morgan fingerprint density at radius 3 is 2.83 bits per heavy atom. The molecule has 0 atom stereocenters. The van der Waals surface area contributed by atoms with E-state index in [4.69, 9.17) is 10.8 Å². The van der Waals surface area contributed by atoms with E-state index in [9.17, 15) is 0 Å². The van der Waals surface area contributed by atoms with Gasteiger partial charge in [-0.05, 0) is 34.1 Å². The lowest BCUT2D eigenvalue weighted by atomic mass is 10.3. The summed E-state index contributed by atoms with van der Waals surface area (Å²) in [5.74, 6) is 0. The van der Waals surface area contributed by atoms with Gasteiger partial charge in [0, 0.05) is 22.4 Å². The Hall–Kier alpha value is -0.740. The van der Waals surface area contributed by atoms with E-state index >= 15 is 0 Å². The van der Waals surface area contributed by atoms with Gasteiger partial charge in [0.2, 0.25) is 0 Å². The number of nitrogen functional groups attached to an aromatic ring is 1. The van der Waals surface area contributed by atoms with Crippen molar-refractivity contribution in [1.29, 1.82) is 0 Å². The summed E-state index contributed by atoms with van der Waals surface area (Å²) >= 11 is 3.35. The molecule has 0 saturated heterocycles. The smallest absolute Gasteiger partial charge is 0.0604 e. The van der Waals surface area contributed by atoms with Crippen LogP contribution in [0.2, 0.25) is 0 Å². The van der Waals surface area contributed by atoms with Crippen LogP contribution in [0.3, 0.4) is 0 Å². The van der Waals surface area contributed by atoms with Crippen molar-refractivity contribution in [2.45, 2.75) is 0 Å². The first-order valence-electron chi connectivity index (χ1n) is 3.64. The van der Waals surface area contributed by atoms with Gasteiger partial charge in [-0.15, -0.1) is 0 Å². The first-order chi connectivity index (χ1) is 5.74. The fraction of sp³-hybridized carbons (Fsp3) is 0.250. The van der Waals surface area contributed by atoms with Crippen LogP contribution < -0.4 is 11.1 Å². The van der Waals surface area contributed by atoms with Crippen molar-refractivity contribution in [3.63, 3.8) is 0 Å². The van der Waals surface area contributed by atoms with Crippen LogP contribution in [0.4, 0.5) is 11.4 Å². The molecule has 0 radical (unpaired) electrons. The topological polar surface area (TPSA) is 58.3 Å². The molecule has 1 aromatic rings. The fourth-order valence-corrected chi connectivity index (χ4v) is 1.40. The van der Waals surface area contributed by atoms with Gasteiger partial charge >= 0.3 is 0 Å². The SMILES string of the molecule is Nc1ccc(NCCO)c(Br)c1. The van der Waals surface area contributed by atoms with Gasteiger partial charge in [-0.3, -0.25) is 0 Å². The van der Waals surface area contributed by atoms with E-state index in [2.05, 4.69) is 21.2 Å². The first kappa shape index (κ1) is 9.35. The maximum Gasteiger partial charge on any atom is 0.0604 e. The zero-order valence-electron chi connectivity index (χ0n) is 6.55. The summed E-state index contributed by atoms with van der Waals surface area (Å²) in [4.78, 5) is 0. The van der Waals surface area contributed by atoms with E-state index in [1.807, 2.05) is 18.2 Å². The van der Waals surface area contributed by atoms with Gasteiger partial charge in [0.15, 0.2) is 0 Å². The number of aliphatic hydroxyl groups excluding tert-OH is 1. The van der Waals surface area contributed by atoms with Crippen molar-refractivity contribution >= 4 is 27.3 Å². The zero-order valence-corrected chi connectivity index (χ0v) is 8.13. The molecule has 0 spiro atoms. The maximum atomic E-state index is 8.57. The number of benzene rings is 1. The van der Waals surface area contributed by atoms with Crippen molar-refractivity contribution in [2.24, 2.45) is 0 Å². The lowest BCUT2D eigenvalue weighted by molar-refractivity contribution is 0.311. The van der Waals surface area contributed by atoms with Gasteiger partial charge in [0.05, 0.1) is 6.61 Å². The third kappa shape index (κ3) is 2.39. The second kappa shape index (κ2) is 4.33. The van der Waals surface area contributed by atoms with Gasteiger partial charge in [-0.2, -0.15) is 0 Å². The Morgan fingerprint density at radius 1 is 1.50 bits per heavy atom. The molecule has 0 amide bonds. The van der Waals surface area contributed by atoms with Crippen LogP contribution in [0.15, 0.2) is 22.7 Å². The minimum absolute atomic E-state index is 0.122. The van der Waals surface area contributed by atoms with Crippen LogP contribution >= 0.6 is 15.9 Å². The molecule has 4 heteroatoms. The molecule has 12 heavy (non-hydrogen) atoms. The largest absolute Gasteiger partial charge is 0.399 e. The fourth-order valence-electron chi connectivity index (χ4n) is 0.865. The number of nitrogens with two attached hydrogens (primary N) is 1.